The van der Waals surface area contributed by atoms with E-state index in [-0.39, 0.29) is 18.4 Å². The SMILES string of the molecule is COC(=O)Cc1ccc(OCC[C@@H]2CN(C(=O)O)CCN2)cc1. The number of carbonyl (C=O) groups excluding carboxylic acids is 1. The smallest absolute Gasteiger partial charge is 0.407 e. The lowest BCUT2D eigenvalue weighted by atomic mass is 10.1. The maximum absolute atomic E-state index is 11.2. The number of carboxylic acid groups (broad SMARTS) is 1. The van der Waals surface area contributed by atoms with E-state index in [0.717, 1.165) is 17.7 Å². The highest BCUT2D eigenvalue weighted by atomic mass is 16.5. The van der Waals surface area contributed by atoms with Gasteiger partial charge in [0.2, 0.25) is 0 Å². The summed E-state index contributed by atoms with van der Waals surface area (Å²) in [4.78, 5) is 23.6. The Kier molecular flexibility index (Phi) is 6.22. The molecule has 23 heavy (non-hydrogen) atoms. The number of esters is 1. The third kappa shape index (κ3) is 5.45. The molecule has 0 bridgehead atoms. The topological polar surface area (TPSA) is 88.1 Å². The molecular weight excluding hydrogens is 300 g/mol. The van der Waals surface area contributed by atoms with E-state index in [0.29, 0.717) is 26.2 Å². The molecule has 7 nitrogen and oxygen atoms in total. The monoisotopic (exact) mass is 322 g/mol. The highest BCUT2D eigenvalue weighted by Crippen LogP contribution is 2.14. The zero-order chi connectivity index (χ0) is 16.7. The first kappa shape index (κ1) is 17.1. The molecule has 2 rings (SSSR count). The second-order valence-corrected chi connectivity index (χ2v) is 5.41. The van der Waals surface area contributed by atoms with Gasteiger partial charge in [0, 0.05) is 25.7 Å². The highest BCUT2D eigenvalue weighted by molar-refractivity contribution is 5.72. The van der Waals surface area contributed by atoms with Crippen LogP contribution in [0.15, 0.2) is 24.3 Å². The summed E-state index contributed by atoms with van der Waals surface area (Å²) in [5, 5.41) is 12.3. The van der Waals surface area contributed by atoms with Gasteiger partial charge in [-0.2, -0.15) is 0 Å². The number of methoxy groups -OCH3 is 1. The molecular formula is C16H22N2O5. The zero-order valence-corrected chi connectivity index (χ0v) is 13.2. The number of nitrogens with zero attached hydrogens (tertiary/aromatic N) is 1. The number of rotatable bonds is 6. The van der Waals surface area contributed by atoms with E-state index in [2.05, 4.69) is 10.1 Å². The number of hydrogen-bond donors (Lipinski definition) is 2. The average molecular weight is 322 g/mol. The van der Waals surface area contributed by atoms with Crippen LogP contribution in [0.4, 0.5) is 4.79 Å². The summed E-state index contributed by atoms with van der Waals surface area (Å²) in [6.45, 7) is 2.17. The van der Waals surface area contributed by atoms with Crippen LogP contribution in [0.25, 0.3) is 0 Å². The second kappa shape index (κ2) is 8.38. The quantitative estimate of drug-likeness (QED) is 0.763. The predicted molar refractivity (Wildman–Crippen MR) is 83.7 cm³/mol. The Morgan fingerprint density at radius 1 is 1.35 bits per heavy atom. The van der Waals surface area contributed by atoms with Crippen LogP contribution in [0.2, 0.25) is 0 Å². The van der Waals surface area contributed by atoms with Crippen molar-refractivity contribution in [2.24, 2.45) is 0 Å². The lowest BCUT2D eigenvalue weighted by Gasteiger charge is -2.31. The summed E-state index contributed by atoms with van der Waals surface area (Å²) < 4.78 is 10.3. The number of ether oxygens (including phenoxy) is 2. The summed E-state index contributed by atoms with van der Waals surface area (Å²) in [5.74, 6) is 0.453. The Balaban J connectivity index is 1.73. The maximum atomic E-state index is 11.2. The number of carbonyl (C=O) groups is 2. The van der Waals surface area contributed by atoms with Crippen molar-refractivity contribution in [3.8, 4) is 5.75 Å². The Hall–Kier alpha value is -2.28. The maximum Gasteiger partial charge on any atom is 0.407 e. The average Bonchev–Trinajstić information content (AvgIpc) is 2.56. The van der Waals surface area contributed by atoms with Crippen LogP contribution in [-0.4, -0.2) is 61.5 Å². The van der Waals surface area contributed by atoms with Crippen molar-refractivity contribution in [1.82, 2.24) is 10.2 Å². The van der Waals surface area contributed by atoms with Crippen molar-refractivity contribution in [2.45, 2.75) is 18.9 Å². The zero-order valence-electron chi connectivity index (χ0n) is 13.2. The number of piperazine rings is 1. The summed E-state index contributed by atoms with van der Waals surface area (Å²) in [5.41, 5.74) is 0.871. The van der Waals surface area contributed by atoms with Crippen LogP contribution in [0, 0.1) is 0 Å². The predicted octanol–water partition coefficient (Wildman–Crippen LogP) is 1.12. The van der Waals surface area contributed by atoms with Gasteiger partial charge in [-0.1, -0.05) is 12.1 Å². The van der Waals surface area contributed by atoms with Gasteiger partial charge in [-0.15, -0.1) is 0 Å². The number of hydrogen-bond acceptors (Lipinski definition) is 5. The summed E-state index contributed by atoms with van der Waals surface area (Å²) >= 11 is 0. The molecule has 0 spiro atoms. The molecule has 7 heteroatoms. The fourth-order valence-electron chi connectivity index (χ4n) is 2.45. The van der Waals surface area contributed by atoms with E-state index < -0.39 is 6.09 Å². The van der Waals surface area contributed by atoms with Gasteiger partial charge in [-0.3, -0.25) is 4.79 Å². The molecule has 1 heterocycles. The standard InChI is InChI=1S/C16H22N2O5/c1-22-15(19)10-12-2-4-14(5-3-12)23-9-6-13-11-18(16(20)21)8-7-17-13/h2-5,13,17H,6-11H2,1H3,(H,20,21)/t13-/m1/s1. The van der Waals surface area contributed by atoms with Crippen LogP contribution >= 0.6 is 0 Å². The van der Waals surface area contributed by atoms with Crippen LogP contribution in [-0.2, 0) is 16.0 Å². The fraction of sp³-hybridized carbons (Fsp3) is 0.500. The van der Waals surface area contributed by atoms with Crippen molar-refractivity contribution in [1.29, 1.82) is 0 Å². The molecule has 0 unspecified atom stereocenters. The van der Waals surface area contributed by atoms with E-state index in [4.69, 9.17) is 9.84 Å². The van der Waals surface area contributed by atoms with Crippen LogP contribution in [0.1, 0.15) is 12.0 Å². The highest BCUT2D eigenvalue weighted by Gasteiger charge is 2.22. The van der Waals surface area contributed by atoms with Crippen LogP contribution in [0.5, 0.6) is 5.75 Å². The molecule has 0 aromatic heterocycles. The molecule has 1 atom stereocenters. The van der Waals surface area contributed by atoms with E-state index in [1.165, 1.54) is 12.0 Å². The van der Waals surface area contributed by atoms with Gasteiger partial charge in [-0.25, -0.2) is 4.79 Å². The normalized spacial score (nSPS) is 17.6. The largest absolute Gasteiger partial charge is 0.494 e. The van der Waals surface area contributed by atoms with E-state index in [9.17, 15) is 9.59 Å². The summed E-state index contributed by atoms with van der Waals surface area (Å²) in [6.07, 6.45) is 0.0974. The lowest BCUT2D eigenvalue weighted by Crippen LogP contribution is -2.52. The Bertz CT molecular complexity index is 532. The van der Waals surface area contributed by atoms with Gasteiger partial charge in [0.15, 0.2) is 0 Å². The molecule has 1 aliphatic heterocycles. The van der Waals surface area contributed by atoms with Crippen LogP contribution < -0.4 is 10.1 Å². The summed E-state index contributed by atoms with van der Waals surface area (Å²) in [6, 6.07) is 7.40. The third-order valence-corrected chi connectivity index (χ3v) is 3.76. The molecule has 126 valence electrons. The first-order valence-electron chi connectivity index (χ1n) is 7.58. The van der Waals surface area contributed by atoms with Gasteiger partial charge < -0.3 is 24.8 Å². The van der Waals surface area contributed by atoms with Gasteiger partial charge in [0.25, 0.3) is 0 Å². The molecule has 0 aliphatic carbocycles. The van der Waals surface area contributed by atoms with E-state index in [1.807, 2.05) is 24.3 Å². The Labute approximate surface area is 135 Å². The van der Waals surface area contributed by atoms with Crippen molar-refractivity contribution >= 4 is 12.1 Å². The van der Waals surface area contributed by atoms with E-state index in [1.54, 1.807) is 0 Å². The number of benzene rings is 1. The second-order valence-electron chi connectivity index (χ2n) is 5.41. The third-order valence-electron chi connectivity index (χ3n) is 3.76. The minimum Gasteiger partial charge on any atom is -0.494 e. The van der Waals surface area contributed by atoms with E-state index >= 15 is 0 Å². The molecule has 0 radical (unpaired) electrons. The molecule has 1 aromatic carbocycles. The Morgan fingerprint density at radius 2 is 2.09 bits per heavy atom. The van der Waals surface area contributed by atoms with Crippen molar-refractivity contribution in [2.75, 3.05) is 33.4 Å². The minimum atomic E-state index is -0.876. The fourth-order valence-corrected chi connectivity index (χ4v) is 2.45. The van der Waals surface area contributed by atoms with Crippen molar-refractivity contribution in [3.05, 3.63) is 29.8 Å². The van der Waals surface area contributed by atoms with Crippen molar-refractivity contribution < 1.29 is 24.2 Å². The lowest BCUT2D eigenvalue weighted by molar-refractivity contribution is -0.139. The number of amides is 1. The molecule has 1 aliphatic rings. The molecule has 0 saturated carbocycles. The van der Waals surface area contributed by atoms with Gasteiger partial charge in [0.1, 0.15) is 5.75 Å². The number of nitrogens with one attached hydrogen (secondary N) is 1. The molecule has 2 N–H and O–H groups in total. The molecule has 1 saturated heterocycles. The van der Waals surface area contributed by atoms with Crippen LogP contribution in [0.3, 0.4) is 0 Å². The van der Waals surface area contributed by atoms with Gasteiger partial charge in [0.05, 0.1) is 20.1 Å². The van der Waals surface area contributed by atoms with Crippen molar-refractivity contribution in [3.63, 3.8) is 0 Å². The molecule has 1 fully saturated rings. The Morgan fingerprint density at radius 3 is 2.74 bits per heavy atom. The summed E-state index contributed by atoms with van der Waals surface area (Å²) in [7, 11) is 1.37. The molecule has 1 aromatic rings. The molecule has 1 amide bonds. The first-order valence-corrected chi connectivity index (χ1v) is 7.58. The first-order chi connectivity index (χ1) is 11.1. The van der Waals surface area contributed by atoms with Gasteiger partial charge >= 0.3 is 12.1 Å². The minimum absolute atomic E-state index is 0.110. The van der Waals surface area contributed by atoms with Gasteiger partial charge in [-0.05, 0) is 24.1 Å².